The molecule has 3 N–H and O–H groups in total. The van der Waals surface area contributed by atoms with Gasteiger partial charge in [-0.25, -0.2) is 0 Å². The van der Waals surface area contributed by atoms with Crippen molar-refractivity contribution in [1.82, 2.24) is 5.32 Å². The summed E-state index contributed by atoms with van der Waals surface area (Å²) in [5.41, 5.74) is 6.95. The van der Waals surface area contributed by atoms with Gasteiger partial charge < -0.3 is 15.8 Å². The van der Waals surface area contributed by atoms with Crippen molar-refractivity contribution in [3.63, 3.8) is 0 Å². The van der Waals surface area contributed by atoms with E-state index in [0.717, 1.165) is 17.3 Å². The highest BCUT2D eigenvalue weighted by atomic mass is 79.9. The van der Waals surface area contributed by atoms with Gasteiger partial charge in [0, 0.05) is 30.1 Å². The van der Waals surface area contributed by atoms with Crippen LogP contribution in [-0.4, -0.2) is 32.2 Å². The van der Waals surface area contributed by atoms with Crippen LogP contribution in [0.25, 0.3) is 0 Å². The lowest BCUT2D eigenvalue weighted by Gasteiger charge is -2.42. The molecule has 1 aliphatic rings. The third kappa shape index (κ3) is 4.69. The zero-order valence-electron chi connectivity index (χ0n) is 12.8. The first-order valence-electron chi connectivity index (χ1n) is 7.35. The second kappa shape index (κ2) is 8.87. The van der Waals surface area contributed by atoms with Gasteiger partial charge in [0.15, 0.2) is 0 Å². The molecule has 0 aromatic heterocycles. The van der Waals surface area contributed by atoms with Gasteiger partial charge in [-0.2, -0.15) is 0 Å². The summed E-state index contributed by atoms with van der Waals surface area (Å²) in [6.07, 6.45) is 3.59. The highest BCUT2D eigenvalue weighted by Crippen LogP contribution is 2.43. The number of nitrogens with one attached hydrogen (secondary N) is 1. The van der Waals surface area contributed by atoms with Gasteiger partial charge in [0.1, 0.15) is 0 Å². The van der Waals surface area contributed by atoms with E-state index < -0.39 is 0 Å². The molecular weight excluding hydrogens is 368 g/mol. The Balaban J connectivity index is 0.00000242. The molecule has 1 unspecified atom stereocenters. The average molecular weight is 392 g/mol. The monoisotopic (exact) mass is 390 g/mol. The molecular formula is C16H24BrClN2O2. The third-order valence-corrected chi connectivity index (χ3v) is 4.93. The lowest BCUT2D eigenvalue weighted by molar-refractivity contribution is -0.123. The summed E-state index contributed by atoms with van der Waals surface area (Å²) in [7, 11) is 1.58. The smallest absolute Gasteiger partial charge is 0.222 e. The fraction of sp³-hybridized carbons (Fsp3) is 0.562. The number of halogens is 2. The Morgan fingerprint density at radius 2 is 2.05 bits per heavy atom. The molecule has 1 aliphatic carbocycles. The Kier molecular flexibility index (Phi) is 7.83. The minimum absolute atomic E-state index is 0. The zero-order chi connectivity index (χ0) is 15.3. The van der Waals surface area contributed by atoms with E-state index in [1.54, 1.807) is 7.11 Å². The second-order valence-corrected chi connectivity index (χ2v) is 6.63. The molecule has 22 heavy (non-hydrogen) atoms. The minimum atomic E-state index is -0.199. The molecule has 1 aromatic rings. The normalized spacial score (nSPS) is 17.0. The molecule has 0 spiro atoms. The van der Waals surface area contributed by atoms with Crippen LogP contribution in [0.15, 0.2) is 28.7 Å². The van der Waals surface area contributed by atoms with Gasteiger partial charge in [0.2, 0.25) is 5.91 Å². The summed E-state index contributed by atoms with van der Waals surface area (Å²) < 4.78 is 6.23. The number of hydrogen-bond acceptors (Lipinski definition) is 3. The molecule has 0 bridgehead atoms. The molecule has 1 saturated carbocycles. The van der Waals surface area contributed by atoms with Gasteiger partial charge in [-0.1, -0.05) is 34.5 Å². The van der Waals surface area contributed by atoms with E-state index in [2.05, 4.69) is 45.5 Å². The van der Waals surface area contributed by atoms with Gasteiger partial charge >= 0.3 is 0 Å². The predicted molar refractivity (Wildman–Crippen MR) is 94.4 cm³/mol. The van der Waals surface area contributed by atoms with Crippen LogP contribution in [0.1, 0.15) is 31.2 Å². The summed E-state index contributed by atoms with van der Waals surface area (Å²) in [6, 6.07) is 8.42. The first-order valence-corrected chi connectivity index (χ1v) is 8.14. The first kappa shape index (κ1) is 19.4. The van der Waals surface area contributed by atoms with Crippen LogP contribution in [0.3, 0.4) is 0 Å². The summed E-state index contributed by atoms with van der Waals surface area (Å²) >= 11 is 3.46. The number of rotatable bonds is 7. The van der Waals surface area contributed by atoms with E-state index in [1.807, 2.05) is 0 Å². The summed E-state index contributed by atoms with van der Waals surface area (Å²) in [5, 5.41) is 3.05. The average Bonchev–Trinajstić information content (AvgIpc) is 2.45. The first-order chi connectivity index (χ1) is 10.1. The largest absolute Gasteiger partial charge is 0.380 e. The number of carbonyl (C=O) groups excluding carboxylic acids is 1. The van der Waals surface area contributed by atoms with E-state index in [9.17, 15) is 4.79 Å². The number of amides is 1. The van der Waals surface area contributed by atoms with Crippen LogP contribution in [0.5, 0.6) is 0 Å². The summed E-state index contributed by atoms with van der Waals surface area (Å²) in [4.78, 5) is 12.0. The molecule has 6 heteroatoms. The Morgan fingerprint density at radius 3 is 2.50 bits per heavy atom. The van der Waals surface area contributed by atoms with Crippen molar-refractivity contribution in [3.05, 3.63) is 34.3 Å². The number of carbonyl (C=O) groups is 1. The van der Waals surface area contributed by atoms with E-state index in [4.69, 9.17) is 10.5 Å². The number of nitrogens with two attached hydrogens (primary N) is 1. The third-order valence-electron chi connectivity index (χ3n) is 4.40. The van der Waals surface area contributed by atoms with E-state index >= 15 is 0 Å². The predicted octanol–water partition coefficient (Wildman–Crippen LogP) is 2.77. The maximum absolute atomic E-state index is 12.0. The fourth-order valence-electron chi connectivity index (χ4n) is 2.78. The summed E-state index contributed by atoms with van der Waals surface area (Å²) in [6.45, 7) is 1.05. The van der Waals surface area contributed by atoms with Gasteiger partial charge in [0.05, 0.1) is 12.5 Å². The van der Waals surface area contributed by atoms with Gasteiger partial charge in [-0.3, -0.25) is 4.79 Å². The van der Waals surface area contributed by atoms with Crippen molar-refractivity contribution in [1.29, 1.82) is 0 Å². The Hall–Kier alpha value is -0.620. The molecule has 0 aliphatic heterocycles. The number of benzene rings is 1. The lowest BCUT2D eigenvalue weighted by Crippen LogP contribution is -2.46. The van der Waals surface area contributed by atoms with Gasteiger partial charge in [0.25, 0.3) is 0 Å². The standard InChI is InChI=1S/C16H23BrN2O2.ClH/c1-21-14(10-18)9-15(20)19-11-16(7-2-8-16)12-3-5-13(17)6-4-12;/h3-6,14H,2,7-11,18H2,1H3,(H,19,20);1H. The van der Waals surface area contributed by atoms with E-state index in [1.165, 1.54) is 12.0 Å². The highest BCUT2D eigenvalue weighted by Gasteiger charge is 2.38. The molecule has 1 fully saturated rings. The second-order valence-electron chi connectivity index (χ2n) is 5.72. The maximum Gasteiger partial charge on any atom is 0.222 e. The Bertz CT molecular complexity index is 474. The highest BCUT2D eigenvalue weighted by molar-refractivity contribution is 9.10. The minimum Gasteiger partial charge on any atom is -0.380 e. The Morgan fingerprint density at radius 1 is 1.41 bits per heavy atom. The molecule has 0 heterocycles. The molecule has 2 rings (SSSR count). The van der Waals surface area contributed by atoms with E-state index in [0.29, 0.717) is 19.5 Å². The molecule has 1 atom stereocenters. The van der Waals surface area contributed by atoms with Crippen molar-refractivity contribution < 1.29 is 9.53 Å². The molecule has 4 nitrogen and oxygen atoms in total. The van der Waals surface area contributed by atoms with Crippen molar-refractivity contribution in [2.45, 2.75) is 37.2 Å². The number of ether oxygens (including phenoxy) is 1. The SMILES string of the molecule is COC(CN)CC(=O)NCC1(c2ccc(Br)cc2)CCC1.Cl. The molecule has 1 amide bonds. The fourth-order valence-corrected chi connectivity index (χ4v) is 3.05. The molecule has 124 valence electrons. The zero-order valence-corrected chi connectivity index (χ0v) is 15.2. The van der Waals surface area contributed by atoms with E-state index in [-0.39, 0.29) is 29.8 Å². The lowest BCUT2D eigenvalue weighted by atomic mass is 9.64. The van der Waals surface area contributed by atoms with Crippen molar-refractivity contribution in [2.75, 3.05) is 20.2 Å². The number of methoxy groups -OCH3 is 1. The quantitative estimate of drug-likeness (QED) is 0.751. The van der Waals surface area contributed by atoms with Crippen LogP contribution in [0, 0.1) is 0 Å². The van der Waals surface area contributed by atoms with Gasteiger partial charge in [-0.05, 0) is 30.5 Å². The molecule has 1 aromatic carbocycles. The maximum atomic E-state index is 12.0. The number of hydrogen-bond donors (Lipinski definition) is 2. The summed E-state index contributed by atoms with van der Waals surface area (Å²) in [5.74, 6) is 0.00990. The van der Waals surface area contributed by atoms with Crippen LogP contribution in [0.2, 0.25) is 0 Å². The molecule has 0 radical (unpaired) electrons. The van der Waals surface area contributed by atoms with Crippen molar-refractivity contribution in [2.24, 2.45) is 5.73 Å². The van der Waals surface area contributed by atoms with Crippen LogP contribution in [0.4, 0.5) is 0 Å². The van der Waals surface area contributed by atoms with Crippen LogP contribution >= 0.6 is 28.3 Å². The topological polar surface area (TPSA) is 64.3 Å². The van der Waals surface area contributed by atoms with Crippen molar-refractivity contribution >= 4 is 34.2 Å². The van der Waals surface area contributed by atoms with Crippen molar-refractivity contribution in [3.8, 4) is 0 Å². The van der Waals surface area contributed by atoms with Crippen LogP contribution in [-0.2, 0) is 14.9 Å². The Labute approximate surface area is 146 Å². The van der Waals surface area contributed by atoms with Crippen LogP contribution < -0.4 is 11.1 Å². The molecule has 0 saturated heterocycles. The van der Waals surface area contributed by atoms with Gasteiger partial charge in [-0.15, -0.1) is 12.4 Å².